The van der Waals surface area contributed by atoms with Gasteiger partial charge in [-0.2, -0.15) is 4.99 Å². The molecule has 2 aromatic rings. The molecule has 1 aromatic carbocycles. The molecule has 1 aliphatic rings. The fourth-order valence-corrected chi connectivity index (χ4v) is 2.88. The minimum atomic E-state index is -0.527. The molecule has 0 fully saturated rings. The van der Waals surface area contributed by atoms with Crippen molar-refractivity contribution in [1.29, 1.82) is 0 Å². The predicted octanol–water partition coefficient (Wildman–Crippen LogP) is 3.44. The van der Waals surface area contributed by atoms with Crippen molar-refractivity contribution in [2.24, 2.45) is 10.7 Å². The van der Waals surface area contributed by atoms with Gasteiger partial charge in [-0.3, -0.25) is 14.9 Å². The Bertz CT molecular complexity index is 888. The number of amides is 1. The Morgan fingerprint density at radius 2 is 2.13 bits per heavy atom. The van der Waals surface area contributed by atoms with Crippen molar-refractivity contribution in [2.45, 2.75) is 0 Å². The zero-order valence-corrected chi connectivity index (χ0v) is 12.9. The number of rotatable bonds is 3. The van der Waals surface area contributed by atoms with Crippen molar-refractivity contribution in [3.05, 3.63) is 56.1 Å². The van der Waals surface area contributed by atoms with Gasteiger partial charge in [0.2, 0.25) is 0 Å². The third-order valence-corrected chi connectivity index (χ3v) is 4.09. The number of thioether (sulfide) groups is 1. The lowest BCUT2D eigenvalue weighted by Crippen LogP contribution is -2.01. The van der Waals surface area contributed by atoms with Gasteiger partial charge in [0.25, 0.3) is 11.6 Å². The van der Waals surface area contributed by atoms with Gasteiger partial charge < -0.3 is 10.2 Å². The Balaban J connectivity index is 1.90. The molecule has 1 aromatic heterocycles. The van der Waals surface area contributed by atoms with E-state index in [1.54, 1.807) is 12.1 Å². The number of hydrogen-bond donors (Lipinski definition) is 1. The van der Waals surface area contributed by atoms with Gasteiger partial charge in [0.1, 0.15) is 11.5 Å². The number of nitrogens with two attached hydrogens (primary N) is 1. The van der Waals surface area contributed by atoms with Gasteiger partial charge in [0.05, 0.1) is 14.9 Å². The fraction of sp³-hybridized carbons (Fsp3) is 0. The Morgan fingerprint density at radius 1 is 1.35 bits per heavy atom. The second kappa shape index (κ2) is 5.90. The van der Waals surface area contributed by atoms with Crippen LogP contribution in [0, 0.1) is 10.1 Å². The Labute approximate surface area is 139 Å². The number of halogens is 1. The lowest BCUT2D eigenvalue weighted by molar-refractivity contribution is -0.384. The Morgan fingerprint density at radius 3 is 2.74 bits per heavy atom. The Hall–Kier alpha value is -2.58. The van der Waals surface area contributed by atoms with Crippen molar-refractivity contribution in [3.63, 3.8) is 0 Å². The molecule has 0 spiro atoms. The van der Waals surface area contributed by atoms with Gasteiger partial charge in [0.15, 0.2) is 5.17 Å². The van der Waals surface area contributed by atoms with E-state index in [-0.39, 0.29) is 15.9 Å². The lowest BCUT2D eigenvalue weighted by atomic mass is 10.1. The van der Waals surface area contributed by atoms with Crippen LogP contribution in [0.4, 0.5) is 5.69 Å². The highest BCUT2D eigenvalue weighted by Crippen LogP contribution is 2.33. The highest BCUT2D eigenvalue weighted by atomic mass is 35.5. The molecule has 7 nitrogen and oxygen atoms in total. The van der Waals surface area contributed by atoms with Crippen molar-refractivity contribution in [3.8, 4) is 11.3 Å². The summed E-state index contributed by atoms with van der Waals surface area (Å²) in [6.45, 7) is 0. The molecule has 9 heteroatoms. The molecule has 0 atom stereocenters. The van der Waals surface area contributed by atoms with Gasteiger partial charge in [0, 0.05) is 23.8 Å². The summed E-state index contributed by atoms with van der Waals surface area (Å²) in [6.07, 6.45) is 1.53. The molecule has 1 aliphatic heterocycles. The molecule has 116 valence electrons. The van der Waals surface area contributed by atoms with E-state index < -0.39 is 10.8 Å². The van der Waals surface area contributed by atoms with Crippen LogP contribution in [0.3, 0.4) is 0 Å². The van der Waals surface area contributed by atoms with Gasteiger partial charge in [-0.05, 0) is 30.0 Å². The monoisotopic (exact) mass is 349 g/mol. The summed E-state index contributed by atoms with van der Waals surface area (Å²) >= 11 is 7.12. The molecule has 1 amide bonds. The molecule has 0 saturated carbocycles. The zero-order chi connectivity index (χ0) is 16.6. The standard InChI is InChI=1S/C14H8ClN3O4S/c15-10-5-7(18(20)21)1-3-9(10)11-4-2-8(22-11)6-12-13(19)17-14(16)23-12/h1-6H,(H2,16,17,19)/b12-6+. The van der Waals surface area contributed by atoms with E-state index in [0.717, 1.165) is 11.8 Å². The second-order valence-corrected chi connectivity index (χ2v) is 5.96. The van der Waals surface area contributed by atoms with Crippen LogP contribution in [0.5, 0.6) is 0 Å². The SMILES string of the molecule is NC1=NC(=O)/C(=C\c2ccc(-c3ccc([N+](=O)[O-])cc3Cl)o2)S1. The first-order chi connectivity index (χ1) is 10.9. The number of aliphatic imine (C=N–C) groups is 1. The first-order valence-corrected chi connectivity index (χ1v) is 7.45. The molecular weight excluding hydrogens is 342 g/mol. The summed E-state index contributed by atoms with van der Waals surface area (Å²) in [4.78, 5) is 25.7. The summed E-state index contributed by atoms with van der Waals surface area (Å²) in [5.41, 5.74) is 5.89. The average molecular weight is 350 g/mol. The summed E-state index contributed by atoms with van der Waals surface area (Å²) in [7, 11) is 0. The minimum absolute atomic E-state index is 0.103. The molecule has 0 unspecified atom stereocenters. The van der Waals surface area contributed by atoms with E-state index in [1.807, 2.05) is 0 Å². The molecule has 2 N–H and O–H groups in total. The number of hydrogen-bond acceptors (Lipinski definition) is 6. The number of benzene rings is 1. The van der Waals surface area contributed by atoms with Gasteiger partial charge in [-0.15, -0.1) is 0 Å². The third-order valence-electron chi connectivity index (χ3n) is 2.97. The smallest absolute Gasteiger partial charge is 0.286 e. The van der Waals surface area contributed by atoms with Crippen molar-refractivity contribution >= 4 is 46.2 Å². The first-order valence-electron chi connectivity index (χ1n) is 6.26. The van der Waals surface area contributed by atoms with Crippen LogP contribution in [0.2, 0.25) is 5.02 Å². The van der Waals surface area contributed by atoms with Crippen LogP contribution in [0.1, 0.15) is 5.76 Å². The molecule has 2 heterocycles. The Kier molecular flexibility index (Phi) is 3.93. The fourth-order valence-electron chi connectivity index (χ4n) is 1.95. The van der Waals surface area contributed by atoms with Crippen molar-refractivity contribution in [2.75, 3.05) is 0 Å². The topological polar surface area (TPSA) is 112 Å². The van der Waals surface area contributed by atoms with Crippen molar-refractivity contribution < 1.29 is 14.1 Å². The first kappa shape index (κ1) is 15.3. The number of amidine groups is 1. The average Bonchev–Trinajstić information content (AvgIpc) is 3.06. The van der Waals surface area contributed by atoms with E-state index in [1.165, 1.54) is 24.3 Å². The van der Waals surface area contributed by atoms with E-state index in [9.17, 15) is 14.9 Å². The summed E-state index contributed by atoms with van der Waals surface area (Å²) in [6, 6.07) is 7.41. The van der Waals surface area contributed by atoms with Crippen LogP contribution < -0.4 is 5.73 Å². The van der Waals surface area contributed by atoms with Gasteiger partial charge in [-0.1, -0.05) is 11.6 Å². The molecular formula is C14H8ClN3O4S. The van der Waals surface area contributed by atoms with E-state index in [2.05, 4.69) is 4.99 Å². The number of furan rings is 1. The van der Waals surface area contributed by atoms with Crippen LogP contribution >= 0.6 is 23.4 Å². The maximum Gasteiger partial charge on any atom is 0.286 e. The lowest BCUT2D eigenvalue weighted by Gasteiger charge is -2.00. The predicted molar refractivity (Wildman–Crippen MR) is 88.0 cm³/mol. The van der Waals surface area contributed by atoms with E-state index in [4.69, 9.17) is 21.8 Å². The summed E-state index contributed by atoms with van der Waals surface area (Å²) in [5, 5.41) is 11.1. The van der Waals surface area contributed by atoms with Gasteiger partial charge in [-0.25, -0.2) is 0 Å². The van der Waals surface area contributed by atoms with Gasteiger partial charge >= 0.3 is 0 Å². The van der Waals surface area contributed by atoms with Crippen LogP contribution in [-0.4, -0.2) is 16.0 Å². The number of non-ortho nitro benzene ring substituents is 1. The van der Waals surface area contributed by atoms with Crippen LogP contribution in [-0.2, 0) is 4.79 Å². The molecule has 23 heavy (non-hydrogen) atoms. The molecule has 3 rings (SSSR count). The number of carbonyl (C=O) groups is 1. The molecule has 0 aliphatic carbocycles. The molecule has 0 saturated heterocycles. The van der Waals surface area contributed by atoms with Crippen LogP contribution in [0.15, 0.2) is 44.6 Å². The van der Waals surface area contributed by atoms with Crippen LogP contribution in [0.25, 0.3) is 17.4 Å². The minimum Gasteiger partial charge on any atom is -0.457 e. The number of nitrogens with zero attached hydrogens (tertiary/aromatic N) is 2. The largest absolute Gasteiger partial charge is 0.457 e. The highest BCUT2D eigenvalue weighted by molar-refractivity contribution is 8.18. The third kappa shape index (κ3) is 3.13. The van der Waals surface area contributed by atoms with E-state index >= 15 is 0 Å². The number of nitro benzene ring substituents is 1. The maximum absolute atomic E-state index is 11.5. The summed E-state index contributed by atoms with van der Waals surface area (Å²) < 4.78 is 5.61. The summed E-state index contributed by atoms with van der Waals surface area (Å²) in [5.74, 6) is 0.440. The maximum atomic E-state index is 11.5. The van der Waals surface area contributed by atoms with Crippen molar-refractivity contribution in [1.82, 2.24) is 0 Å². The van der Waals surface area contributed by atoms with E-state index in [0.29, 0.717) is 22.0 Å². The quantitative estimate of drug-likeness (QED) is 0.516. The second-order valence-electron chi connectivity index (χ2n) is 4.49. The highest BCUT2D eigenvalue weighted by Gasteiger charge is 2.20. The number of carbonyl (C=O) groups excluding carboxylic acids is 1. The molecule has 0 radical (unpaired) electrons. The normalized spacial score (nSPS) is 16.0. The molecule has 0 bridgehead atoms. The zero-order valence-electron chi connectivity index (χ0n) is 11.4. The number of nitro groups is 1.